The molecule has 5 rings (SSSR count). The summed E-state index contributed by atoms with van der Waals surface area (Å²) in [5.41, 5.74) is 3.78. The first kappa shape index (κ1) is 27.3. The number of benzene rings is 3. The van der Waals surface area contributed by atoms with Gasteiger partial charge in [-0.3, -0.25) is 19.4 Å². The van der Waals surface area contributed by atoms with Crippen molar-refractivity contribution in [3.8, 4) is 0 Å². The van der Waals surface area contributed by atoms with Crippen LogP contribution < -0.4 is 20.4 Å². The van der Waals surface area contributed by atoms with Crippen molar-refractivity contribution in [3.63, 3.8) is 0 Å². The first-order valence-electron chi connectivity index (χ1n) is 13.2. The second-order valence-corrected chi connectivity index (χ2v) is 9.80. The van der Waals surface area contributed by atoms with Crippen molar-refractivity contribution >= 4 is 40.7 Å². The first-order valence-corrected chi connectivity index (χ1v) is 13.2. The van der Waals surface area contributed by atoms with Gasteiger partial charge in [0.2, 0.25) is 0 Å². The maximum absolute atomic E-state index is 14.1. The van der Waals surface area contributed by atoms with Crippen LogP contribution in [0.25, 0.3) is 0 Å². The molecule has 0 aliphatic carbocycles. The smallest absolute Gasteiger partial charge is 0.319 e. The number of ketones is 1. The molecule has 1 aromatic heterocycles. The van der Waals surface area contributed by atoms with Crippen molar-refractivity contribution in [2.75, 3.05) is 28.2 Å². The third-order valence-electron chi connectivity index (χ3n) is 6.85. The highest BCUT2D eigenvalue weighted by molar-refractivity contribution is 6.14. The number of carbonyl (C=O) groups excluding carboxylic acids is 4. The highest BCUT2D eigenvalue weighted by Crippen LogP contribution is 2.34. The third kappa shape index (κ3) is 5.99. The number of pyridine rings is 1. The van der Waals surface area contributed by atoms with E-state index in [2.05, 4.69) is 15.6 Å². The summed E-state index contributed by atoms with van der Waals surface area (Å²) in [7, 11) is 0. The fourth-order valence-corrected chi connectivity index (χ4v) is 4.84. The highest BCUT2D eigenvalue weighted by Gasteiger charge is 2.38. The summed E-state index contributed by atoms with van der Waals surface area (Å²) in [6, 6.07) is 24.5. The van der Waals surface area contributed by atoms with E-state index in [1.807, 2.05) is 38.1 Å². The highest BCUT2D eigenvalue weighted by atomic mass is 16.2. The number of urea groups is 1. The van der Waals surface area contributed by atoms with Gasteiger partial charge >= 0.3 is 6.03 Å². The number of Topliss-reactive ketones (excluding diaryl/α,β-unsaturated/α-hetero) is 1. The molecule has 0 spiro atoms. The Labute approximate surface area is 237 Å². The molecule has 4 amide bonds. The number of nitrogens with one attached hydrogen (secondary N) is 2. The largest absolute Gasteiger partial charge is 0.324 e. The molecule has 3 aromatic carbocycles. The molecule has 1 unspecified atom stereocenters. The van der Waals surface area contributed by atoms with Crippen LogP contribution in [0.15, 0.2) is 97.2 Å². The van der Waals surface area contributed by atoms with Gasteiger partial charge in [-0.2, -0.15) is 0 Å². The van der Waals surface area contributed by atoms with Gasteiger partial charge < -0.3 is 20.4 Å². The van der Waals surface area contributed by atoms with E-state index in [1.54, 1.807) is 66.7 Å². The number of rotatable bonds is 6. The third-order valence-corrected chi connectivity index (χ3v) is 6.85. The Balaban J connectivity index is 1.52. The predicted molar refractivity (Wildman–Crippen MR) is 157 cm³/mol. The van der Waals surface area contributed by atoms with Gasteiger partial charge in [-0.05, 0) is 61.4 Å². The number of hydrogen-bond donors (Lipinski definition) is 2. The van der Waals surface area contributed by atoms with Crippen LogP contribution in [0.3, 0.4) is 0 Å². The normalized spacial score (nSPS) is 14.6. The van der Waals surface area contributed by atoms with Crippen molar-refractivity contribution in [1.82, 2.24) is 10.3 Å². The molecular weight excluding hydrogens is 518 g/mol. The number of fused-ring (bicyclic) bond motifs is 1. The topological polar surface area (TPSA) is 112 Å². The average Bonchev–Trinajstić information content (AvgIpc) is 3.08. The van der Waals surface area contributed by atoms with Crippen LogP contribution in [0.4, 0.5) is 21.9 Å². The van der Waals surface area contributed by atoms with Crippen LogP contribution in [0.5, 0.6) is 0 Å². The SMILES string of the molecule is Cc1cccc(NC(=O)NC2CN(C(=O)c3ccccn3)c3ccccc3N(CC(=O)c3ccccc3C)C2=O)c1. The molecular formula is C32H29N5O4. The molecule has 1 atom stereocenters. The Bertz CT molecular complexity index is 1620. The molecule has 2 N–H and O–H groups in total. The minimum Gasteiger partial charge on any atom is -0.324 e. The molecule has 2 heterocycles. The van der Waals surface area contributed by atoms with Crippen molar-refractivity contribution < 1.29 is 19.2 Å². The Morgan fingerprint density at radius 1 is 0.878 bits per heavy atom. The summed E-state index contributed by atoms with van der Waals surface area (Å²) in [5, 5.41) is 5.49. The molecule has 41 heavy (non-hydrogen) atoms. The molecule has 206 valence electrons. The first-order chi connectivity index (χ1) is 19.8. The van der Waals surface area contributed by atoms with Gasteiger partial charge in [0.15, 0.2) is 5.78 Å². The van der Waals surface area contributed by atoms with Crippen molar-refractivity contribution in [3.05, 3.63) is 120 Å². The zero-order chi connectivity index (χ0) is 28.9. The van der Waals surface area contributed by atoms with Crippen LogP contribution >= 0.6 is 0 Å². The molecule has 0 bridgehead atoms. The number of nitrogens with zero attached hydrogens (tertiary/aromatic N) is 3. The number of aryl methyl sites for hydroxylation is 2. The molecule has 0 saturated carbocycles. The summed E-state index contributed by atoms with van der Waals surface area (Å²) < 4.78 is 0. The number of anilines is 3. The molecule has 0 fully saturated rings. The van der Waals surface area contributed by atoms with E-state index in [4.69, 9.17) is 0 Å². The van der Waals surface area contributed by atoms with E-state index < -0.39 is 23.9 Å². The van der Waals surface area contributed by atoms with Gasteiger partial charge in [-0.25, -0.2) is 4.79 Å². The van der Waals surface area contributed by atoms with E-state index >= 15 is 0 Å². The van der Waals surface area contributed by atoms with E-state index in [0.717, 1.165) is 11.1 Å². The van der Waals surface area contributed by atoms with Crippen LogP contribution in [-0.2, 0) is 4.79 Å². The fraction of sp³-hybridized carbons (Fsp3) is 0.156. The Morgan fingerprint density at radius 3 is 2.34 bits per heavy atom. The quantitative estimate of drug-likeness (QED) is 0.338. The second-order valence-electron chi connectivity index (χ2n) is 9.80. The molecule has 9 heteroatoms. The van der Waals surface area contributed by atoms with Gasteiger partial charge in [0.25, 0.3) is 11.8 Å². The fourth-order valence-electron chi connectivity index (χ4n) is 4.84. The lowest BCUT2D eigenvalue weighted by Crippen LogP contribution is -2.54. The van der Waals surface area contributed by atoms with Gasteiger partial charge in [0.1, 0.15) is 11.7 Å². The lowest BCUT2D eigenvalue weighted by atomic mass is 10.0. The number of aromatic nitrogens is 1. The van der Waals surface area contributed by atoms with E-state index in [-0.39, 0.29) is 24.6 Å². The Kier molecular flexibility index (Phi) is 7.87. The lowest BCUT2D eigenvalue weighted by molar-refractivity contribution is -0.119. The standard InChI is InChI=1S/C32H29N5O4/c1-21-10-9-12-23(18-21)34-32(41)35-26-19-36(30(39)25-14-7-8-17-33-25)27-15-5-6-16-28(27)37(31(26)40)20-29(38)24-13-4-3-11-22(24)2/h3-18,26H,19-20H2,1-2H3,(H2,34,35,41). The zero-order valence-corrected chi connectivity index (χ0v) is 22.7. The van der Waals surface area contributed by atoms with Crippen molar-refractivity contribution in [2.45, 2.75) is 19.9 Å². The predicted octanol–water partition coefficient (Wildman–Crippen LogP) is 4.77. The summed E-state index contributed by atoms with van der Waals surface area (Å²) in [6.45, 7) is 3.30. The molecule has 0 radical (unpaired) electrons. The van der Waals surface area contributed by atoms with Crippen LogP contribution in [-0.4, -0.2) is 47.7 Å². The molecule has 0 saturated heterocycles. The summed E-state index contributed by atoms with van der Waals surface area (Å²) in [5.74, 6) is -1.22. The van der Waals surface area contributed by atoms with Gasteiger partial charge in [0.05, 0.1) is 24.5 Å². The molecule has 1 aliphatic heterocycles. The van der Waals surface area contributed by atoms with Crippen molar-refractivity contribution in [2.24, 2.45) is 0 Å². The summed E-state index contributed by atoms with van der Waals surface area (Å²) in [4.78, 5) is 61.3. The zero-order valence-electron chi connectivity index (χ0n) is 22.7. The van der Waals surface area contributed by atoms with Crippen LogP contribution in [0, 0.1) is 13.8 Å². The minimum absolute atomic E-state index is 0.165. The number of para-hydroxylation sites is 2. The minimum atomic E-state index is -1.16. The second kappa shape index (κ2) is 11.8. The maximum Gasteiger partial charge on any atom is 0.319 e. The Hall–Kier alpha value is -5.31. The van der Waals surface area contributed by atoms with Gasteiger partial charge in [0, 0.05) is 17.4 Å². The Morgan fingerprint density at radius 2 is 1.61 bits per heavy atom. The van der Waals surface area contributed by atoms with Gasteiger partial charge in [-0.15, -0.1) is 0 Å². The maximum atomic E-state index is 14.1. The summed E-state index contributed by atoms with van der Waals surface area (Å²) in [6.07, 6.45) is 1.51. The van der Waals surface area contributed by atoms with E-state index in [0.29, 0.717) is 22.6 Å². The number of hydrogen-bond acceptors (Lipinski definition) is 5. The monoisotopic (exact) mass is 547 g/mol. The molecule has 1 aliphatic rings. The summed E-state index contributed by atoms with van der Waals surface area (Å²) >= 11 is 0. The van der Waals surface area contributed by atoms with Gasteiger partial charge in [-0.1, -0.05) is 54.6 Å². The lowest BCUT2D eigenvalue weighted by Gasteiger charge is -2.25. The van der Waals surface area contributed by atoms with Crippen molar-refractivity contribution in [1.29, 1.82) is 0 Å². The van der Waals surface area contributed by atoms with E-state index in [1.165, 1.54) is 16.0 Å². The number of carbonyl (C=O) groups is 4. The number of amides is 4. The van der Waals surface area contributed by atoms with Crippen LogP contribution in [0.1, 0.15) is 32.0 Å². The van der Waals surface area contributed by atoms with E-state index in [9.17, 15) is 19.2 Å². The van der Waals surface area contributed by atoms with Crippen LogP contribution in [0.2, 0.25) is 0 Å². The average molecular weight is 548 g/mol. The molecule has 4 aromatic rings. The molecule has 9 nitrogen and oxygen atoms in total.